The van der Waals surface area contributed by atoms with Gasteiger partial charge in [0, 0.05) is 6.54 Å². The van der Waals surface area contributed by atoms with Crippen LogP contribution in [0, 0.1) is 11.3 Å². The van der Waals surface area contributed by atoms with Crippen LogP contribution < -0.4 is 5.73 Å². The molecule has 1 aliphatic rings. The largest absolute Gasteiger partial charge is 0.392 e. The predicted octanol–water partition coefficient (Wildman–Crippen LogP) is 0.527. The van der Waals surface area contributed by atoms with Crippen molar-refractivity contribution in [2.24, 2.45) is 17.1 Å². The zero-order chi connectivity index (χ0) is 10.1. The Bertz CT molecular complexity index is 208. The van der Waals surface area contributed by atoms with Gasteiger partial charge in [0.15, 0.2) is 0 Å². The Balaban J connectivity index is 2.86. The second kappa shape index (κ2) is 4.00. The number of hydrogen-bond acceptors (Lipinski definition) is 4. The average molecular weight is 203 g/mol. The molecule has 0 amide bonds. The monoisotopic (exact) mass is 203 g/mol. The van der Waals surface area contributed by atoms with E-state index in [1.54, 1.807) is 0 Å². The SMILES string of the molecule is CC(C)[C@@H](O)[C@]1(CN)C=CSC1O. The van der Waals surface area contributed by atoms with Crippen LogP contribution in [0.3, 0.4) is 0 Å². The van der Waals surface area contributed by atoms with Gasteiger partial charge in [-0.25, -0.2) is 0 Å². The molecule has 0 saturated heterocycles. The van der Waals surface area contributed by atoms with Crippen molar-refractivity contribution in [3.63, 3.8) is 0 Å². The van der Waals surface area contributed by atoms with Crippen molar-refractivity contribution in [2.45, 2.75) is 25.4 Å². The normalized spacial score (nSPS) is 35.7. The van der Waals surface area contributed by atoms with E-state index in [1.807, 2.05) is 25.3 Å². The van der Waals surface area contributed by atoms with Crippen LogP contribution in [0.2, 0.25) is 0 Å². The standard InChI is InChI=1S/C9H17NO2S/c1-6(2)7(11)9(5-10)3-4-13-8(9)12/h3-4,6-8,11-12H,5,10H2,1-2H3/t7-,8?,9-/m1/s1. The van der Waals surface area contributed by atoms with Gasteiger partial charge in [0.05, 0.1) is 11.5 Å². The molecule has 1 unspecified atom stereocenters. The smallest absolute Gasteiger partial charge is 0.116 e. The van der Waals surface area contributed by atoms with Crippen LogP contribution in [-0.2, 0) is 0 Å². The number of aliphatic hydroxyl groups is 2. The second-order valence-electron chi connectivity index (χ2n) is 3.80. The fourth-order valence-electron chi connectivity index (χ4n) is 1.60. The molecular weight excluding hydrogens is 186 g/mol. The van der Waals surface area contributed by atoms with Gasteiger partial charge in [-0.3, -0.25) is 0 Å². The van der Waals surface area contributed by atoms with Gasteiger partial charge in [-0.15, -0.1) is 11.8 Å². The number of hydrogen-bond donors (Lipinski definition) is 3. The van der Waals surface area contributed by atoms with Gasteiger partial charge < -0.3 is 15.9 Å². The zero-order valence-corrected chi connectivity index (χ0v) is 8.79. The quantitative estimate of drug-likeness (QED) is 0.626. The van der Waals surface area contributed by atoms with E-state index in [9.17, 15) is 10.2 Å². The lowest BCUT2D eigenvalue weighted by atomic mass is 9.78. The lowest BCUT2D eigenvalue weighted by Gasteiger charge is -2.36. The molecule has 3 atom stereocenters. The van der Waals surface area contributed by atoms with Crippen LogP contribution in [0.25, 0.3) is 0 Å². The van der Waals surface area contributed by atoms with E-state index in [2.05, 4.69) is 0 Å². The van der Waals surface area contributed by atoms with Gasteiger partial charge in [0.1, 0.15) is 5.44 Å². The summed E-state index contributed by atoms with van der Waals surface area (Å²) in [5.41, 5.74) is 4.34. The van der Waals surface area contributed by atoms with Gasteiger partial charge in [-0.2, -0.15) is 0 Å². The van der Waals surface area contributed by atoms with E-state index >= 15 is 0 Å². The molecule has 0 radical (unpaired) electrons. The molecule has 0 fully saturated rings. The van der Waals surface area contributed by atoms with Crippen molar-refractivity contribution in [1.82, 2.24) is 0 Å². The molecule has 0 aliphatic carbocycles. The molecule has 0 spiro atoms. The maximum atomic E-state index is 9.94. The minimum absolute atomic E-state index is 0.0987. The summed E-state index contributed by atoms with van der Waals surface area (Å²) < 4.78 is 0. The van der Waals surface area contributed by atoms with Crippen LogP contribution >= 0.6 is 11.8 Å². The van der Waals surface area contributed by atoms with Crippen LogP contribution in [0.15, 0.2) is 11.5 Å². The average Bonchev–Trinajstić information content (AvgIpc) is 2.46. The first-order valence-electron chi connectivity index (χ1n) is 4.44. The second-order valence-corrected chi connectivity index (χ2v) is 4.79. The molecule has 0 saturated carbocycles. The van der Waals surface area contributed by atoms with Crippen molar-refractivity contribution in [2.75, 3.05) is 6.54 Å². The van der Waals surface area contributed by atoms with Crippen molar-refractivity contribution in [3.8, 4) is 0 Å². The molecule has 76 valence electrons. The van der Waals surface area contributed by atoms with E-state index in [0.717, 1.165) is 0 Å². The Kier molecular flexibility index (Phi) is 3.40. The minimum Gasteiger partial charge on any atom is -0.392 e. The Morgan fingerprint density at radius 1 is 1.62 bits per heavy atom. The topological polar surface area (TPSA) is 66.5 Å². The first-order chi connectivity index (χ1) is 6.04. The van der Waals surface area contributed by atoms with Crippen LogP contribution in [0.1, 0.15) is 13.8 Å². The lowest BCUT2D eigenvalue weighted by Crippen LogP contribution is -2.48. The summed E-state index contributed by atoms with van der Waals surface area (Å²) in [6, 6.07) is 0. The van der Waals surface area contributed by atoms with Crippen LogP contribution in [0.4, 0.5) is 0 Å². The van der Waals surface area contributed by atoms with Crippen molar-refractivity contribution >= 4 is 11.8 Å². The maximum Gasteiger partial charge on any atom is 0.116 e. The van der Waals surface area contributed by atoms with Gasteiger partial charge in [-0.05, 0) is 11.3 Å². The summed E-state index contributed by atoms with van der Waals surface area (Å²) in [6.07, 6.45) is 1.24. The number of rotatable bonds is 3. The molecule has 0 aromatic heterocycles. The van der Waals surface area contributed by atoms with Gasteiger partial charge in [0.2, 0.25) is 0 Å². The molecule has 1 rings (SSSR count). The maximum absolute atomic E-state index is 9.94. The highest BCUT2D eigenvalue weighted by Crippen LogP contribution is 2.42. The van der Waals surface area contributed by atoms with Crippen molar-refractivity contribution < 1.29 is 10.2 Å². The minimum atomic E-state index is -0.654. The summed E-state index contributed by atoms with van der Waals surface area (Å²) in [7, 11) is 0. The van der Waals surface area contributed by atoms with Crippen LogP contribution in [0.5, 0.6) is 0 Å². The Morgan fingerprint density at radius 3 is 2.54 bits per heavy atom. The lowest BCUT2D eigenvalue weighted by molar-refractivity contribution is -0.0183. The first-order valence-corrected chi connectivity index (χ1v) is 5.38. The molecular formula is C9H17NO2S. The number of aliphatic hydroxyl groups excluding tert-OH is 2. The molecule has 1 aliphatic heterocycles. The third-order valence-electron chi connectivity index (χ3n) is 2.58. The predicted molar refractivity (Wildman–Crippen MR) is 55.1 cm³/mol. The zero-order valence-electron chi connectivity index (χ0n) is 7.97. The summed E-state index contributed by atoms with van der Waals surface area (Å²) in [6.45, 7) is 4.12. The van der Waals surface area contributed by atoms with E-state index in [-0.39, 0.29) is 12.5 Å². The fourth-order valence-corrected chi connectivity index (χ4v) is 2.65. The Morgan fingerprint density at radius 2 is 2.23 bits per heavy atom. The van der Waals surface area contributed by atoms with Gasteiger partial charge in [-0.1, -0.05) is 19.9 Å². The molecule has 13 heavy (non-hydrogen) atoms. The summed E-state index contributed by atoms with van der Waals surface area (Å²) in [4.78, 5) is 0. The first kappa shape index (κ1) is 11.0. The van der Waals surface area contributed by atoms with Crippen molar-refractivity contribution in [1.29, 1.82) is 0 Å². The highest BCUT2D eigenvalue weighted by atomic mass is 32.2. The summed E-state index contributed by atoms with van der Waals surface area (Å²) in [5.74, 6) is 0.0987. The third-order valence-corrected chi connectivity index (χ3v) is 3.57. The highest BCUT2D eigenvalue weighted by molar-refractivity contribution is 8.02. The van der Waals surface area contributed by atoms with Gasteiger partial charge >= 0.3 is 0 Å². The Labute approximate surface area is 83.0 Å². The Hall–Kier alpha value is -0.0300. The van der Waals surface area contributed by atoms with E-state index < -0.39 is 17.0 Å². The number of nitrogens with two attached hydrogens (primary N) is 1. The molecule has 1 heterocycles. The van der Waals surface area contributed by atoms with E-state index in [4.69, 9.17) is 5.73 Å². The number of thioether (sulfide) groups is 1. The van der Waals surface area contributed by atoms with Crippen LogP contribution in [-0.4, -0.2) is 28.3 Å². The molecule has 4 N–H and O–H groups in total. The van der Waals surface area contributed by atoms with Crippen molar-refractivity contribution in [3.05, 3.63) is 11.5 Å². The molecule has 3 nitrogen and oxygen atoms in total. The van der Waals surface area contributed by atoms with E-state index in [0.29, 0.717) is 0 Å². The summed E-state index contributed by atoms with van der Waals surface area (Å²) in [5, 5.41) is 21.5. The molecule has 4 heteroatoms. The van der Waals surface area contributed by atoms with E-state index in [1.165, 1.54) is 11.8 Å². The van der Waals surface area contributed by atoms with Gasteiger partial charge in [0.25, 0.3) is 0 Å². The molecule has 0 bridgehead atoms. The third kappa shape index (κ3) is 1.76. The molecule has 0 aromatic rings. The highest BCUT2D eigenvalue weighted by Gasteiger charge is 2.45. The fraction of sp³-hybridized carbons (Fsp3) is 0.778. The molecule has 0 aromatic carbocycles. The summed E-state index contributed by atoms with van der Waals surface area (Å²) >= 11 is 1.31.